The molecule has 2 fully saturated rings. The molecule has 0 saturated carbocycles. The highest BCUT2D eigenvalue weighted by Crippen LogP contribution is 2.29. The smallest absolute Gasteiger partial charge is 0.184 e. The van der Waals surface area contributed by atoms with Gasteiger partial charge in [-0.2, -0.15) is 0 Å². The van der Waals surface area contributed by atoms with Gasteiger partial charge in [0.2, 0.25) is 0 Å². The molecule has 0 aromatic carbocycles. The molecule has 70 valence electrons. The predicted octanol–water partition coefficient (Wildman–Crippen LogP) is 2.47. The van der Waals surface area contributed by atoms with Crippen molar-refractivity contribution in [2.45, 2.75) is 57.3 Å². The van der Waals surface area contributed by atoms with E-state index >= 15 is 0 Å². The fourth-order valence-corrected chi connectivity index (χ4v) is 1.83. The highest BCUT2D eigenvalue weighted by atomic mass is 16.8. The third kappa shape index (κ3) is 2.46. The van der Waals surface area contributed by atoms with Crippen LogP contribution in [0.4, 0.5) is 0 Å². The lowest BCUT2D eigenvalue weighted by Gasteiger charge is -1.99. The third-order valence-corrected chi connectivity index (χ3v) is 2.70. The molecule has 0 aliphatic carbocycles. The maximum Gasteiger partial charge on any atom is 0.184 e. The van der Waals surface area contributed by atoms with E-state index in [0.29, 0.717) is 6.10 Å². The van der Waals surface area contributed by atoms with E-state index in [1.54, 1.807) is 0 Å². The summed E-state index contributed by atoms with van der Waals surface area (Å²) in [4.78, 5) is 0. The van der Waals surface area contributed by atoms with Gasteiger partial charge in [-0.1, -0.05) is 32.1 Å². The van der Waals surface area contributed by atoms with Gasteiger partial charge in [-0.25, -0.2) is 0 Å². The number of hydrogen-bond acceptors (Lipinski definition) is 2. The summed E-state index contributed by atoms with van der Waals surface area (Å²) >= 11 is 0. The Morgan fingerprint density at radius 2 is 1.58 bits per heavy atom. The Kier molecular flexibility index (Phi) is 3.01. The zero-order valence-corrected chi connectivity index (χ0v) is 7.63. The summed E-state index contributed by atoms with van der Waals surface area (Å²) in [6.07, 6.45) is 9.87. The Labute approximate surface area is 74.2 Å². The second-order valence-corrected chi connectivity index (χ2v) is 3.82. The van der Waals surface area contributed by atoms with Crippen LogP contribution in [0.3, 0.4) is 0 Å². The van der Waals surface area contributed by atoms with Gasteiger partial charge in [-0.3, -0.25) is 0 Å². The lowest BCUT2D eigenvalue weighted by Crippen LogP contribution is -2.01. The van der Waals surface area contributed by atoms with Crippen LogP contribution in [0.2, 0.25) is 0 Å². The lowest BCUT2D eigenvalue weighted by atomic mass is 10.1. The molecule has 2 rings (SSSR count). The minimum absolute atomic E-state index is 0.170. The average molecular weight is 170 g/mol. The zero-order chi connectivity index (χ0) is 8.23. The maximum absolute atomic E-state index is 5.53. The van der Waals surface area contributed by atoms with Gasteiger partial charge in [-0.05, 0) is 12.8 Å². The van der Waals surface area contributed by atoms with Crippen molar-refractivity contribution in [3.63, 3.8) is 0 Å². The average Bonchev–Trinajstić information content (AvgIpc) is 2.78. The van der Waals surface area contributed by atoms with E-state index in [4.69, 9.17) is 9.47 Å². The molecule has 2 heteroatoms. The Morgan fingerprint density at radius 3 is 2.50 bits per heavy atom. The van der Waals surface area contributed by atoms with Crippen LogP contribution < -0.4 is 0 Å². The minimum atomic E-state index is 0.170. The van der Waals surface area contributed by atoms with E-state index in [-0.39, 0.29) is 6.29 Å². The molecule has 0 radical (unpaired) electrons. The maximum atomic E-state index is 5.53. The molecule has 2 aliphatic rings. The first kappa shape index (κ1) is 8.52. The zero-order valence-electron chi connectivity index (χ0n) is 7.63. The number of rotatable bonds is 0. The highest BCUT2D eigenvalue weighted by Gasteiger charge is 2.38. The van der Waals surface area contributed by atoms with Crippen LogP contribution in [0.15, 0.2) is 0 Å². The molecule has 0 bridgehead atoms. The summed E-state index contributed by atoms with van der Waals surface area (Å²) in [5.74, 6) is 0. The van der Waals surface area contributed by atoms with E-state index in [1.165, 1.54) is 44.9 Å². The largest absolute Gasteiger partial charge is 0.350 e. The quantitative estimate of drug-likeness (QED) is 0.521. The third-order valence-electron chi connectivity index (χ3n) is 2.70. The summed E-state index contributed by atoms with van der Waals surface area (Å²) in [7, 11) is 0. The summed E-state index contributed by atoms with van der Waals surface area (Å²) < 4.78 is 10.9. The molecule has 0 aromatic heterocycles. The van der Waals surface area contributed by atoms with E-state index < -0.39 is 0 Å². The predicted molar refractivity (Wildman–Crippen MR) is 46.9 cm³/mol. The van der Waals surface area contributed by atoms with E-state index in [9.17, 15) is 0 Å². The topological polar surface area (TPSA) is 21.8 Å². The van der Waals surface area contributed by atoms with Gasteiger partial charge >= 0.3 is 0 Å². The van der Waals surface area contributed by atoms with Gasteiger partial charge in [0.05, 0.1) is 0 Å². The fraction of sp³-hybridized carbons (Fsp3) is 1.00. The number of hydrogen-bond donors (Lipinski definition) is 0. The molecule has 0 amide bonds. The van der Waals surface area contributed by atoms with Crippen LogP contribution in [0.5, 0.6) is 0 Å². The second kappa shape index (κ2) is 4.24. The summed E-state index contributed by atoms with van der Waals surface area (Å²) in [5.41, 5.74) is 0. The van der Waals surface area contributed by atoms with Crippen LogP contribution in [-0.4, -0.2) is 19.0 Å². The van der Waals surface area contributed by atoms with E-state index in [2.05, 4.69) is 0 Å². The first-order valence-corrected chi connectivity index (χ1v) is 5.24. The number of ether oxygens (including phenoxy) is 2. The van der Waals surface area contributed by atoms with Crippen LogP contribution >= 0.6 is 0 Å². The van der Waals surface area contributed by atoms with Crippen molar-refractivity contribution >= 4 is 0 Å². The molecule has 2 aliphatic heterocycles. The van der Waals surface area contributed by atoms with Gasteiger partial charge in [0.25, 0.3) is 0 Å². The Morgan fingerprint density at radius 1 is 0.833 bits per heavy atom. The highest BCUT2D eigenvalue weighted by molar-refractivity contribution is 4.76. The fourth-order valence-electron chi connectivity index (χ4n) is 1.83. The van der Waals surface area contributed by atoms with Crippen LogP contribution in [0.1, 0.15) is 44.9 Å². The monoisotopic (exact) mass is 170 g/mol. The molecule has 2 unspecified atom stereocenters. The van der Waals surface area contributed by atoms with Crippen LogP contribution in [-0.2, 0) is 9.47 Å². The standard InChI is InChI=1S/C10H18O2/c1-2-4-6-8-11-10-9(12-10)7-5-3-1/h9-10H,1-8H2. The van der Waals surface area contributed by atoms with Crippen molar-refractivity contribution in [1.29, 1.82) is 0 Å². The van der Waals surface area contributed by atoms with Crippen molar-refractivity contribution in [3.8, 4) is 0 Å². The van der Waals surface area contributed by atoms with Crippen LogP contribution in [0, 0.1) is 0 Å². The molecular weight excluding hydrogens is 152 g/mol. The van der Waals surface area contributed by atoms with E-state index in [1.807, 2.05) is 0 Å². The van der Waals surface area contributed by atoms with Gasteiger partial charge in [0.15, 0.2) is 6.29 Å². The Balaban J connectivity index is 1.70. The van der Waals surface area contributed by atoms with Crippen molar-refractivity contribution in [2.75, 3.05) is 6.61 Å². The van der Waals surface area contributed by atoms with Crippen LogP contribution in [0.25, 0.3) is 0 Å². The van der Waals surface area contributed by atoms with Gasteiger partial charge in [0, 0.05) is 6.61 Å². The van der Waals surface area contributed by atoms with Crippen molar-refractivity contribution in [1.82, 2.24) is 0 Å². The summed E-state index contributed by atoms with van der Waals surface area (Å²) in [5, 5.41) is 0. The van der Waals surface area contributed by atoms with Crippen molar-refractivity contribution < 1.29 is 9.47 Å². The molecule has 0 aromatic rings. The van der Waals surface area contributed by atoms with Crippen molar-refractivity contribution in [3.05, 3.63) is 0 Å². The second-order valence-electron chi connectivity index (χ2n) is 3.82. The first-order chi connectivity index (χ1) is 5.97. The molecule has 2 atom stereocenters. The van der Waals surface area contributed by atoms with Crippen molar-refractivity contribution in [2.24, 2.45) is 0 Å². The normalized spacial score (nSPS) is 38.0. The summed E-state index contributed by atoms with van der Waals surface area (Å²) in [6, 6.07) is 0. The minimum Gasteiger partial charge on any atom is -0.350 e. The molecular formula is C10H18O2. The molecule has 2 heterocycles. The van der Waals surface area contributed by atoms with Gasteiger partial charge in [0.1, 0.15) is 6.10 Å². The molecule has 2 nitrogen and oxygen atoms in total. The van der Waals surface area contributed by atoms with Gasteiger partial charge in [-0.15, -0.1) is 0 Å². The molecule has 2 saturated heterocycles. The summed E-state index contributed by atoms with van der Waals surface area (Å²) in [6.45, 7) is 0.904. The number of epoxide rings is 1. The molecule has 0 spiro atoms. The SMILES string of the molecule is C1CCCCC2OC2OCCC1. The lowest BCUT2D eigenvalue weighted by molar-refractivity contribution is 0.0478. The molecule has 0 N–H and O–H groups in total. The first-order valence-electron chi connectivity index (χ1n) is 5.24. The van der Waals surface area contributed by atoms with E-state index in [0.717, 1.165) is 6.61 Å². The van der Waals surface area contributed by atoms with Gasteiger partial charge < -0.3 is 9.47 Å². The Bertz CT molecular complexity index is 122. The Hall–Kier alpha value is -0.0800. The number of fused-ring (bicyclic) bond motifs is 1. The molecule has 12 heavy (non-hydrogen) atoms.